The predicted molar refractivity (Wildman–Crippen MR) is 126 cm³/mol. The average Bonchev–Trinajstić information content (AvgIpc) is 2.97. The van der Waals surface area contributed by atoms with Crippen molar-refractivity contribution in [3.63, 3.8) is 0 Å². The zero-order chi connectivity index (χ0) is 22.3. The molecule has 0 aromatic heterocycles. The summed E-state index contributed by atoms with van der Waals surface area (Å²) in [6.07, 6.45) is 1.03. The minimum atomic E-state index is -0.531. The second kappa shape index (κ2) is 9.22. The number of amides is 3. The molecule has 1 aliphatic heterocycles. The van der Waals surface area contributed by atoms with Crippen molar-refractivity contribution in [2.45, 2.75) is 29.0 Å². The fourth-order valence-corrected chi connectivity index (χ4v) is 5.76. The molecule has 2 aromatic carbocycles. The van der Waals surface area contributed by atoms with Crippen LogP contribution < -0.4 is 0 Å². The number of rotatable bonds is 4. The topological polar surface area (TPSA) is 57.7 Å². The molecule has 1 saturated heterocycles. The van der Waals surface area contributed by atoms with E-state index in [-0.39, 0.29) is 38.6 Å². The van der Waals surface area contributed by atoms with Gasteiger partial charge in [0.05, 0.1) is 29.0 Å². The Morgan fingerprint density at radius 3 is 1.97 bits per heavy atom. The lowest BCUT2D eigenvalue weighted by Gasteiger charge is -2.31. The van der Waals surface area contributed by atoms with Crippen LogP contribution in [0, 0.1) is 11.8 Å². The summed E-state index contributed by atoms with van der Waals surface area (Å²) in [5.41, 5.74) is 0.834. The molecule has 0 radical (unpaired) electrons. The number of carbonyl (C=O) groups is 3. The van der Waals surface area contributed by atoms with Crippen molar-refractivity contribution in [2.75, 3.05) is 0 Å². The van der Waals surface area contributed by atoms with Crippen LogP contribution in [-0.2, 0) is 16.1 Å². The van der Waals surface area contributed by atoms with Gasteiger partial charge in [0.2, 0.25) is 0 Å². The maximum Gasteiger partial charge on any atom is 0.274 e. The Hall–Kier alpha value is -1.41. The molecule has 0 bridgehead atoms. The third-order valence-electron chi connectivity index (χ3n) is 5.75. The number of carbonyl (C=O) groups excluding carboxylic acids is 3. The second-order valence-corrected chi connectivity index (χ2v) is 10.8. The number of alkyl halides is 2. The molecule has 0 unspecified atom stereocenters. The lowest BCUT2D eigenvalue weighted by Crippen LogP contribution is -2.50. The molecule has 162 valence electrons. The molecule has 0 N–H and O–H groups in total. The monoisotopic (exact) mass is 586 g/mol. The van der Waals surface area contributed by atoms with Gasteiger partial charge < -0.3 is 0 Å². The Labute approximate surface area is 206 Å². The van der Waals surface area contributed by atoms with Crippen molar-refractivity contribution in [2.24, 2.45) is 11.8 Å². The van der Waals surface area contributed by atoms with E-state index in [0.29, 0.717) is 23.4 Å². The van der Waals surface area contributed by atoms with Gasteiger partial charge in [0.1, 0.15) is 0 Å². The largest absolute Gasteiger partial charge is 0.274 e. The molecule has 2 aliphatic rings. The standard InChI is InChI=1S/C22H18Br2Cl2N2O3/c23-16-9-14-15(10-17(16)24)22(31)28(21(14)30)27(11-12-5-1-3-7-18(12)25)20(29)13-6-2-4-8-19(13)26/h1-8,14-17H,9-11H2/t14-,15-,16+,17+/m1/s1. The molecule has 1 saturated carbocycles. The minimum Gasteiger partial charge on any atom is -0.272 e. The summed E-state index contributed by atoms with van der Waals surface area (Å²) in [7, 11) is 0. The number of benzene rings is 2. The van der Waals surface area contributed by atoms with E-state index in [1.54, 1.807) is 48.5 Å². The molecule has 1 heterocycles. The zero-order valence-corrected chi connectivity index (χ0v) is 20.9. The molecule has 2 aromatic rings. The van der Waals surface area contributed by atoms with E-state index in [1.807, 2.05) is 0 Å². The number of nitrogens with zero attached hydrogens (tertiary/aromatic N) is 2. The summed E-state index contributed by atoms with van der Waals surface area (Å²) in [5, 5.41) is 2.87. The van der Waals surface area contributed by atoms with Crippen LogP contribution >= 0.6 is 55.1 Å². The molecule has 4 atom stereocenters. The van der Waals surface area contributed by atoms with Gasteiger partial charge >= 0.3 is 0 Å². The summed E-state index contributed by atoms with van der Waals surface area (Å²) in [5.74, 6) is -2.22. The summed E-state index contributed by atoms with van der Waals surface area (Å²) in [6.45, 7) is -0.0316. The van der Waals surface area contributed by atoms with Crippen molar-refractivity contribution < 1.29 is 14.4 Å². The van der Waals surface area contributed by atoms with Gasteiger partial charge in [-0.2, -0.15) is 5.01 Å². The smallest absolute Gasteiger partial charge is 0.272 e. The number of imide groups is 1. The van der Waals surface area contributed by atoms with Crippen molar-refractivity contribution in [3.05, 3.63) is 69.7 Å². The van der Waals surface area contributed by atoms with Crippen LogP contribution in [-0.4, -0.2) is 37.4 Å². The van der Waals surface area contributed by atoms with Crippen LogP contribution in [0.25, 0.3) is 0 Å². The van der Waals surface area contributed by atoms with Crippen LogP contribution in [0.5, 0.6) is 0 Å². The molecule has 2 fully saturated rings. The summed E-state index contributed by atoms with van der Waals surface area (Å²) < 4.78 is 0. The van der Waals surface area contributed by atoms with E-state index in [2.05, 4.69) is 31.9 Å². The van der Waals surface area contributed by atoms with E-state index in [1.165, 1.54) is 5.01 Å². The quantitative estimate of drug-likeness (QED) is 0.351. The fourth-order valence-electron chi connectivity index (χ4n) is 4.11. The normalized spacial score (nSPS) is 25.5. The van der Waals surface area contributed by atoms with Crippen LogP contribution in [0.1, 0.15) is 28.8 Å². The van der Waals surface area contributed by atoms with Gasteiger partial charge in [-0.15, -0.1) is 0 Å². The predicted octanol–water partition coefficient (Wildman–Crippen LogP) is 5.47. The number of hydrogen-bond acceptors (Lipinski definition) is 3. The van der Waals surface area contributed by atoms with Crippen LogP contribution in [0.2, 0.25) is 10.0 Å². The first-order valence-corrected chi connectivity index (χ1v) is 12.3. The van der Waals surface area contributed by atoms with Crippen molar-refractivity contribution in [1.82, 2.24) is 10.0 Å². The lowest BCUT2D eigenvalue weighted by molar-refractivity contribution is -0.155. The maximum absolute atomic E-state index is 13.5. The molecule has 4 rings (SSSR count). The van der Waals surface area contributed by atoms with Crippen molar-refractivity contribution >= 4 is 72.8 Å². The third-order valence-corrected chi connectivity index (χ3v) is 9.18. The Morgan fingerprint density at radius 2 is 1.42 bits per heavy atom. The number of hydrogen-bond donors (Lipinski definition) is 0. The van der Waals surface area contributed by atoms with Gasteiger partial charge in [-0.05, 0) is 36.6 Å². The van der Waals surface area contributed by atoms with E-state index >= 15 is 0 Å². The molecule has 31 heavy (non-hydrogen) atoms. The first-order valence-electron chi connectivity index (χ1n) is 9.75. The fraction of sp³-hybridized carbons (Fsp3) is 0.318. The maximum atomic E-state index is 13.5. The third kappa shape index (κ3) is 4.30. The Bertz CT molecular complexity index is 1020. The molecule has 0 spiro atoms. The Kier molecular flexibility index (Phi) is 6.77. The highest BCUT2D eigenvalue weighted by molar-refractivity contribution is 9.12. The molecule has 1 aliphatic carbocycles. The SMILES string of the molecule is O=C(c1ccccc1Cl)N(Cc1ccccc1Cl)N1C(=O)[C@@H]2C[C@H](Br)[C@@H](Br)C[C@H]2C1=O. The summed E-state index contributed by atoms with van der Waals surface area (Å²) in [6, 6.07) is 13.6. The Balaban J connectivity index is 1.74. The van der Waals surface area contributed by atoms with E-state index in [0.717, 1.165) is 5.01 Å². The second-order valence-electron chi connectivity index (χ2n) is 7.64. The zero-order valence-electron chi connectivity index (χ0n) is 16.2. The van der Waals surface area contributed by atoms with Crippen molar-refractivity contribution in [3.8, 4) is 0 Å². The van der Waals surface area contributed by atoms with Gasteiger partial charge in [-0.3, -0.25) is 14.4 Å². The summed E-state index contributed by atoms with van der Waals surface area (Å²) >= 11 is 19.8. The van der Waals surface area contributed by atoms with Gasteiger partial charge in [0.15, 0.2) is 0 Å². The molecule has 9 heteroatoms. The Morgan fingerprint density at radius 1 is 0.903 bits per heavy atom. The van der Waals surface area contributed by atoms with E-state index in [4.69, 9.17) is 23.2 Å². The molecule has 5 nitrogen and oxygen atoms in total. The highest BCUT2D eigenvalue weighted by Crippen LogP contribution is 2.44. The summed E-state index contributed by atoms with van der Waals surface area (Å²) in [4.78, 5) is 40.4. The number of hydrazine groups is 1. The van der Waals surface area contributed by atoms with Crippen LogP contribution in [0.4, 0.5) is 0 Å². The van der Waals surface area contributed by atoms with Crippen LogP contribution in [0.15, 0.2) is 48.5 Å². The van der Waals surface area contributed by atoms with Gasteiger partial charge in [0, 0.05) is 14.7 Å². The minimum absolute atomic E-state index is 0.0316. The molecular formula is C22H18Br2Cl2N2O3. The van der Waals surface area contributed by atoms with E-state index in [9.17, 15) is 14.4 Å². The molecule has 3 amide bonds. The number of fused-ring (bicyclic) bond motifs is 1. The highest BCUT2D eigenvalue weighted by atomic mass is 79.9. The van der Waals surface area contributed by atoms with Crippen LogP contribution in [0.3, 0.4) is 0 Å². The van der Waals surface area contributed by atoms with Gasteiger partial charge in [0.25, 0.3) is 17.7 Å². The first kappa shape index (κ1) is 22.8. The highest BCUT2D eigenvalue weighted by Gasteiger charge is 2.54. The van der Waals surface area contributed by atoms with E-state index < -0.39 is 17.7 Å². The van der Waals surface area contributed by atoms with Gasteiger partial charge in [-0.1, -0.05) is 85.4 Å². The average molecular weight is 589 g/mol. The first-order chi connectivity index (χ1) is 14.8. The van der Waals surface area contributed by atoms with Crippen molar-refractivity contribution in [1.29, 1.82) is 0 Å². The number of halogens is 4. The molecular weight excluding hydrogens is 571 g/mol. The lowest BCUT2D eigenvalue weighted by atomic mass is 9.81. The van der Waals surface area contributed by atoms with Gasteiger partial charge in [-0.25, -0.2) is 5.01 Å².